The molecule has 0 amide bonds. The van der Waals surface area contributed by atoms with Gasteiger partial charge in [0.15, 0.2) is 0 Å². The molecule has 0 atom stereocenters. The molecule has 1 aromatic heterocycles. The number of aromatic amines is 1. The van der Waals surface area contributed by atoms with Crippen LogP contribution in [0.1, 0.15) is 6.92 Å². The molecular formula is C10H10N4O3. The molecule has 0 aliphatic heterocycles. The number of non-ortho nitro benzene ring substituents is 1. The monoisotopic (exact) mass is 234 g/mol. The molecule has 1 aromatic carbocycles. The number of nitro benzene ring substituents is 1. The Balaban J connectivity index is 2.64. The zero-order chi connectivity index (χ0) is 12.4. The second-order valence-electron chi connectivity index (χ2n) is 3.40. The molecule has 2 N–H and O–H groups in total. The maximum Gasteiger partial charge on any atom is 0.270 e. The van der Waals surface area contributed by atoms with Gasteiger partial charge in [-0.25, -0.2) is 4.98 Å². The molecule has 2 rings (SSSR count). The summed E-state index contributed by atoms with van der Waals surface area (Å²) in [5.74, 6) is 0.360. The summed E-state index contributed by atoms with van der Waals surface area (Å²) in [7, 11) is 0. The average molecular weight is 234 g/mol. The number of nitrogens with one attached hydrogen (secondary N) is 2. The number of aromatic nitrogens is 2. The van der Waals surface area contributed by atoms with Gasteiger partial charge in [-0.05, 0) is 13.0 Å². The van der Waals surface area contributed by atoms with Crippen molar-refractivity contribution in [3.63, 3.8) is 0 Å². The number of hydrogen-bond donors (Lipinski definition) is 2. The van der Waals surface area contributed by atoms with Crippen LogP contribution in [0.25, 0.3) is 10.9 Å². The molecule has 0 bridgehead atoms. The van der Waals surface area contributed by atoms with E-state index in [2.05, 4.69) is 15.3 Å². The molecule has 0 fully saturated rings. The molecule has 1 heterocycles. The second kappa shape index (κ2) is 4.20. The first kappa shape index (κ1) is 11.1. The predicted octanol–water partition coefficient (Wildman–Crippen LogP) is 1.26. The minimum Gasteiger partial charge on any atom is -0.356 e. The lowest BCUT2D eigenvalue weighted by molar-refractivity contribution is -0.384. The summed E-state index contributed by atoms with van der Waals surface area (Å²) >= 11 is 0. The molecule has 7 heteroatoms. The number of rotatable bonds is 3. The summed E-state index contributed by atoms with van der Waals surface area (Å²) in [4.78, 5) is 28.4. The zero-order valence-corrected chi connectivity index (χ0v) is 9.06. The van der Waals surface area contributed by atoms with Crippen LogP contribution in [0.3, 0.4) is 0 Å². The van der Waals surface area contributed by atoms with Crippen molar-refractivity contribution in [2.24, 2.45) is 0 Å². The zero-order valence-electron chi connectivity index (χ0n) is 9.06. The number of anilines is 1. The summed E-state index contributed by atoms with van der Waals surface area (Å²) in [5.41, 5.74) is -0.0917. The Bertz CT molecular complexity index is 635. The SMILES string of the molecule is CCNc1nc2ccc([N+](=O)[O-])cc2c(=O)[nH]1. The Morgan fingerprint density at radius 1 is 1.53 bits per heavy atom. The molecule has 88 valence electrons. The topological polar surface area (TPSA) is 101 Å². The lowest BCUT2D eigenvalue weighted by Gasteiger charge is -2.03. The van der Waals surface area contributed by atoms with Crippen molar-refractivity contribution in [1.29, 1.82) is 0 Å². The summed E-state index contributed by atoms with van der Waals surface area (Å²) in [6, 6.07) is 4.00. The summed E-state index contributed by atoms with van der Waals surface area (Å²) < 4.78 is 0. The van der Waals surface area contributed by atoms with Gasteiger partial charge < -0.3 is 5.32 Å². The van der Waals surface area contributed by atoms with Crippen LogP contribution in [0.2, 0.25) is 0 Å². The molecule has 17 heavy (non-hydrogen) atoms. The van der Waals surface area contributed by atoms with Gasteiger partial charge in [0.1, 0.15) is 0 Å². The van der Waals surface area contributed by atoms with Gasteiger partial charge >= 0.3 is 0 Å². The van der Waals surface area contributed by atoms with Gasteiger partial charge in [-0.15, -0.1) is 0 Å². The van der Waals surface area contributed by atoms with Crippen molar-refractivity contribution < 1.29 is 4.92 Å². The number of nitro groups is 1. The Morgan fingerprint density at radius 3 is 2.94 bits per heavy atom. The Kier molecular flexibility index (Phi) is 2.73. The van der Waals surface area contributed by atoms with Crippen molar-refractivity contribution >= 4 is 22.5 Å². The maximum atomic E-state index is 11.7. The molecule has 7 nitrogen and oxygen atoms in total. The van der Waals surface area contributed by atoms with Crippen LogP contribution in [0.15, 0.2) is 23.0 Å². The van der Waals surface area contributed by atoms with E-state index in [1.165, 1.54) is 18.2 Å². The summed E-state index contributed by atoms with van der Waals surface area (Å²) in [6.45, 7) is 2.50. The highest BCUT2D eigenvalue weighted by atomic mass is 16.6. The molecule has 0 radical (unpaired) electrons. The minimum absolute atomic E-state index is 0.124. The highest BCUT2D eigenvalue weighted by Crippen LogP contribution is 2.16. The van der Waals surface area contributed by atoms with Crippen LogP contribution in [-0.2, 0) is 0 Å². The second-order valence-corrected chi connectivity index (χ2v) is 3.40. The van der Waals surface area contributed by atoms with E-state index >= 15 is 0 Å². The highest BCUT2D eigenvalue weighted by Gasteiger charge is 2.10. The van der Waals surface area contributed by atoms with Crippen molar-refractivity contribution in [3.8, 4) is 0 Å². The fourth-order valence-electron chi connectivity index (χ4n) is 1.49. The van der Waals surface area contributed by atoms with Crippen molar-refractivity contribution in [2.75, 3.05) is 11.9 Å². The molecular weight excluding hydrogens is 224 g/mol. The van der Waals surface area contributed by atoms with Crippen LogP contribution in [-0.4, -0.2) is 21.4 Å². The van der Waals surface area contributed by atoms with E-state index < -0.39 is 10.5 Å². The number of nitrogens with zero attached hydrogens (tertiary/aromatic N) is 2. The lowest BCUT2D eigenvalue weighted by atomic mass is 10.2. The lowest BCUT2D eigenvalue weighted by Crippen LogP contribution is -2.13. The first-order chi connectivity index (χ1) is 8.11. The Labute approximate surface area is 95.6 Å². The molecule has 0 unspecified atom stereocenters. The van der Waals surface area contributed by atoms with Crippen LogP contribution in [0.5, 0.6) is 0 Å². The van der Waals surface area contributed by atoms with Gasteiger partial charge in [-0.1, -0.05) is 0 Å². The molecule has 0 aliphatic rings. The van der Waals surface area contributed by atoms with E-state index in [1.54, 1.807) is 0 Å². The first-order valence-electron chi connectivity index (χ1n) is 5.04. The quantitative estimate of drug-likeness (QED) is 0.615. The van der Waals surface area contributed by atoms with Crippen molar-refractivity contribution in [2.45, 2.75) is 6.92 Å². The highest BCUT2D eigenvalue weighted by molar-refractivity contribution is 5.80. The Hall–Kier alpha value is -2.44. The van der Waals surface area contributed by atoms with E-state index in [1.807, 2.05) is 6.92 Å². The van der Waals surface area contributed by atoms with E-state index in [-0.39, 0.29) is 11.1 Å². The van der Waals surface area contributed by atoms with Crippen LogP contribution < -0.4 is 10.9 Å². The smallest absolute Gasteiger partial charge is 0.270 e. The maximum absolute atomic E-state index is 11.7. The number of fused-ring (bicyclic) bond motifs is 1. The Morgan fingerprint density at radius 2 is 2.29 bits per heavy atom. The third-order valence-corrected chi connectivity index (χ3v) is 2.24. The summed E-state index contributed by atoms with van der Waals surface area (Å²) in [5, 5.41) is 13.7. The molecule has 0 aliphatic carbocycles. The number of hydrogen-bond acceptors (Lipinski definition) is 5. The fourth-order valence-corrected chi connectivity index (χ4v) is 1.49. The summed E-state index contributed by atoms with van der Waals surface area (Å²) in [6.07, 6.45) is 0. The minimum atomic E-state index is -0.545. The fraction of sp³-hybridized carbons (Fsp3) is 0.200. The van der Waals surface area contributed by atoms with Crippen LogP contribution >= 0.6 is 0 Å². The van der Waals surface area contributed by atoms with E-state index in [4.69, 9.17) is 0 Å². The van der Waals surface area contributed by atoms with Gasteiger partial charge in [0.25, 0.3) is 11.2 Å². The third kappa shape index (κ3) is 2.07. The van der Waals surface area contributed by atoms with E-state index in [9.17, 15) is 14.9 Å². The molecule has 0 saturated carbocycles. The molecule has 2 aromatic rings. The van der Waals surface area contributed by atoms with Crippen LogP contribution in [0.4, 0.5) is 11.6 Å². The van der Waals surface area contributed by atoms with Gasteiger partial charge in [0, 0.05) is 18.7 Å². The standard InChI is InChI=1S/C10H10N4O3/c1-2-11-10-12-8-4-3-6(14(16)17)5-7(8)9(15)13-10/h3-5H,2H2,1H3,(H2,11,12,13,15). The largest absolute Gasteiger partial charge is 0.356 e. The van der Waals surface area contributed by atoms with Gasteiger partial charge in [-0.3, -0.25) is 19.9 Å². The molecule has 0 spiro atoms. The van der Waals surface area contributed by atoms with E-state index in [0.717, 1.165) is 0 Å². The van der Waals surface area contributed by atoms with Gasteiger partial charge in [0.05, 0.1) is 15.8 Å². The normalized spacial score (nSPS) is 10.4. The van der Waals surface area contributed by atoms with Gasteiger partial charge in [0.2, 0.25) is 5.95 Å². The van der Waals surface area contributed by atoms with Gasteiger partial charge in [-0.2, -0.15) is 0 Å². The predicted molar refractivity (Wildman–Crippen MR) is 63.2 cm³/mol. The average Bonchev–Trinajstić information content (AvgIpc) is 2.29. The van der Waals surface area contributed by atoms with Crippen molar-refractivity contribution in [1.82, 2.24) is 9.97 Å². The third-order valence-electron chi connectivity index (χ3n) is 2.24. The van der Waals surface area contributed by atoms with E-state index in [0.29, 0.717) is 18.0 Å². The number of benzene rings is 1. The number of H-pyrrole nitrogens is 1. The first-order valence-corrected chi connectivity index (χ1v) is 5.04. The molecule has 0 saturated heterocycles. The van der Waals surface area contributed by atoms with Crippen LogP contribution in [0, 0.1) is 10.1 Å². The van der Waals surface area contributed by atoms with Crippen molar-refractivity contribution in [3.05, 3.63) is 38.7 Å².